The fourth-order valence-electron chi connectivity index (χ4n) is 2.53. The maximum absolute atomic E-state index is 12.5. The van der Waals surface area contributed by atoms with Gasteiger partial charge in [-0.2, -0.15) is 8.42 Å². The van der Waals surface area contributed by atoms with Crippen molar-refractivity contribution in [2.75, 3.05) is 19.4 Å². The fraction of sp³-hybridized carbons (Fsp3) is 0.154. The quantitative estimate of drug-likeness (QED) is 0.788. The number of anilines is 1. The van der Waals surface area contributed by atoms with Crippen molar-refractivity contribution in [2.24, 2.45) is 0 Å². The number of hydrogen-bond donors (Lipinski definition) is 2. The Labute approximate surface area is 132 Å². The molecule has 1 aliphatic rings. The lowest BCUT2D eigenvalue weighted by Crippen LogP contribution is -2.23. The van der Waals surface area contributed by atoms with Gasteiger partial charge in [-0.3, -0.25) is 9.35 Å². The molecule has 1 amide bonds. The first-order chi connectivity index (χ1) is 10.5. The Balaban J connectivity index is 2.59. The van der Waals surface area contributed by atoms with Gasteiger partial charge in [0.1, 0.15) is 4.90 Å². The topological polar surface area (TPSA) is 121 Å². The van der Waals surface area contributed by atoms with E-state index in [1.165, 1.54) is 32.3 Å². The van der Waals surface area contributed by atoms with Crippen molar-refractivity contribution >= 4 is 42.5 Å². The molecular formula is C13H12N2O6S2. The summed E-state index contributed by atoms with van der Waals surface area (Å²) < 4.78 is 58.6. The fourth-order valence-corrected chi connectivity index (χ4v) is 4.39. The Bertz CT molecular complexity index is 1070. The van der Waals surface area contributed by atoms with Crippen molar-refractivity contribution in [3.8, 4) is 0 Å². The standard InChI is InChI=1S/C13H12N2O6S2/c1-15(2)22(17,18)9-6-10(23(19,20)21)12-11-7(9)4-3-5-8(11)13(16)14-12/h3-6H,1-2H3,(H,14,16)(H,19,20,21). The van der Waals surface area contributed by atoms with Crippen molar-refractivity contribution in [3.05, 3.63) is 29.8 Å². The highest BCUT2D eigenvalue weighted by atomic mass is 32.2. The predicted octanol–water partition coefficient (Wildman–Crippen LogP) is 0.903. The minimum atomic E-state index is -4.73. The molecule has 0 fully saturated rings. The number of nitrogens with one attached hydrogen (secondary N) is 1. The summed E-state index contributed by atoms with van der Waals surface area (Å²) in [4.78, 5) is 11.0. The molecule has 0 unspecified atom stereocenters. The van der Waals surface area contributed by atoms with E-state index in [0.29, 0.717) is 0 Å². The third kappa shape index (κ3) is 2.22. The van der Waals surface area contributed by atoms with Crippen LogP contribution in [-0.4, -0.2) is 45.7 Å². The van der Waals surface area contributed by atoms with Gasteiger partial charge in [0.15, 0.2) is 0 Å². The van der Waals surface area contributed by atoms with Gasteiger partial charge in [-0.05, 0) is 12.1 Å². The molecule has 0 saturated carbocycles. The maximum atomic E-state index is 12.5. The van der Waals surface area contributed by atoms with Crippen LogP contribution in [-0.2, 0) is 20.1 Å². The number of sulfonamides is 1. The molecule has 1 heterocycles. The highest BCUT2D eigenvalue weighted by Crippen LogP contribution is 2.41. The monoisotopic (exact) mass is 356 g/mol. The van der Waals surface area contributed by atoms with Gasteiger partial charge in [-0.15, -0.1) is 0 Å². The largest absolute Gasteiger partial charge is 0.320 e. The minimum absolute atomic E-state index is 0.110. The summed E-state index contributed by atoms with van der Waals surface area (Å²) in [6.45, 7) is 0. The zero-order valence-electron chi connectivity index (χ0n) is 12.1. The smallest absolute Gasteiger partial charge is 0.296 e. The summed E-state index contributed by atoms with van der Waals surface area (Å²) in [5, 5.41) is 2.73. The summed E-state index contributed by atoms with van der Waals surface area (Å²) in [6.07, 6.45) is 0. The van der Waals surface area contributed by atoms with E-state index >= 15 is 0 Å². The van der Waals surface area contributed by atoms with Gasteiger partial charge >= 0.3 is 0 Å². The molecule has 0 bridgehead atoms. The molecule has 23 heavy (non-hydrogen) atoms. The zero-order valence-corrected chi connectivity index (χ0v) is 13.7. The lowest BCUT2D eigenvalue weighted by molar-refractivity contribution is 0.103. The van der Waals surface area contributed by atoms with Crippen LogP contribution >= 0.6 is 0 Å². The second kappa shape index (κ2) is 4.74. The third-order valence-electron chi connectivity index (χ3n) is 3.61. The van der Waals surface area contributed by atoms with E-state index in [2.05, 4.69) is 5.32 Å². The van der Waals surface area contributed by atoms with Crippen LogP contribution in [0.2, 0.25) is 0 Å². The van der Waals surface area contributed by atoms with Crippen molar-refractivity contribution < 1.29 is 26.2 Å². The molecule has 2 N–H and O–H groups in total. The van der Waals surface area contributed by atoms with Crippen LogP contribution in [0.15, 0.2) is 34.1 Å². The number of carbonyl (C=O) groups excluding carboxylic acids is 1. The van der Waals surface area contributed by atoms with Crippen LogP contribution in [0, 0.1) is 0 Å². The third-order valence-corrected chi connectivity index (χ3v) is 6.34. The Hall–Kier alpha value is -2.01. The lowest BCUT2D eigenvalue weighted by Gasteiger charge is -2.15. The van der Waals surface area contributed by atoms with Gasteiger partial charge in [0.2, 0.25) is 10.0 Å². The first kappa shape index (κ1) is 15.9. The summed E-state index contributed by atoms with van der Waals surface area (Å²) in [7, 11) is -6.12. The van der Waals surface area contributed by atoms with Crippen LogP contribution in [0.3, 0.4) is 0 Å². The second-order valence-corrected chi connectivity index (χ2v) is 8.70. The number of rotatable bonds is 3. The molecule has 2 aromatic carbocycles. The second-order valence-electron chi connectivity index (χ2n) is 5.19. The molecule has 0 aliphatic carbocycles. The van der Waals surface area contributed by atoms with Crippen LogP contribution in [0.5, 0.6) is 0 Å². The highest BCUT2D eigenvalue weighted by molar-refractivity contribution is 7.89. The Kier molecular flexibility index (Phi) is 3.27. The lowest BCUT2D eigenvalue weighted by atomic mass is 10.1. The van der Waals surface area contributed by atoms with Crippen LogP contribution < -0.4 is 5.32 Å². The molecule has 0 spiro atoms. The van der Waals surface area contributed by atoms with Crippen molar-refractivity contribution in [1.82, 2.24) is 4.31 Å². The summed E-state index contributed by atoms with van der Waals surface area (Å²) in [6, 6.07) is 5.30. The highest BCUT2D eigenvalue weighted by Gasteiger charge is 2.33. The van der Waals surface area contributed by atoms with E-state index in [0.717, 1.165) is 10.4 Å². The van der Waals surface area contributed by atoms with Crippen molar-refractivity contribution in [3.63, 3.8) is 0 Å². The van der Waals surface area contributed by atoms with Gasteiger partial charge in [-0.25, -0.2) is 12.7 Å². The number of hydrogen-bond acceptors (Lipinski definition) is 5. The Morgan fingerprint density at radius 3 is 2.30 bits per heavy atom. The maximum Gasteiger partial charge on any atom is 0.296 e. The van der Waals surface area contributed by atoms with Gasteiger partial charge in [0.25, 0.3) is 16.0 Å². The molecule has 8 nitrogen and oxygen atoms in total. The van der Waals surface area contributed by atoms with Crippen LogP contribution in [0.4, 0.5) is 5.69 Å². The molecule has 122 valence electrons. The van der Waals surface area contributed by atoms with Crippen LogP contribution in [0.1, 0.15) is 10.4 Å². The predicted molar refractivity (Wildman–Crippen MR) is 82.6 cm³/mol. The number of nitrogens with zero attached hydrogens (tertiary/aromatic N) is 1. The van der Waals surface area contributed by atoms with E-state index in [1.54, 1.807) is 0 Å². The molecule has 0 aromatic heterocycles. The molecule has 0 radical (unpaired) electrons. The zero-order chi connectivity index (χ0) is 17.2. The SMILES string of the molecule is CN(C)S(=O)(=O)c1cc(S(=O)(=O)O)c2c3c(cccc13)C(=O)N2. The summed E-state index contributed by atoms with van der Waals surface area (Å²) in [5.74, 6) is -0.560. The average Bonchev–Trinajstić information content (AvgIpc) is 2.76. The van der Waals surface area contributed by atoms with Gasteiger partial charge in [0.05, 0.1) is 10.6 Å². The van der Waals surface area contributed by atoms with Gasteiger partial charge < -0.3 is 5.32 Å². The Morgan fingerprint density at radius 1 is 1.09 bits per heavy atom. The van der Waals surface area contributed by atoms with E-state index in [1.807, 2.05) is 0 Å². The molecular weight excluding hydrogens is 344 g/mol. The average molecular weight is 356 g/mol. The minimum Gasteiger partial charge on any atom is -0.320 e. The number of amides is 1. The summed E-state index contributed by atoms with van der Waals surface area (Å²) in [5.41, 5.74) is 0.0408. The number of benzene rings is 2. The summed E-state index contributed by atoms with van der Waals surface area (Å²) >= 11 is 0. The van der Waals surface area contributed by atoms with Crippen molar-refractivity contribution in [1.29, 1.82) is 0 Å². The first-order valence-electron chi connectivity index (χ1n) is 6.36. The molecule has 10 heteroatoms. The molecule has 0 atom stereocenters. The number of carbonyl (C=O) groups is 1. The first-order valence-corrected chi connectivity index (χ1v) is 9.24. The van der Waals surface area contributed by atoms with Gasteiger partial charge in [-0.1, -0.05) is 12.1 Å². The van der Waals surface area contributed by atoms with Gasteiger partial charge in [0, 0.05) is 30.4 Å². The Morgan fingerprint density at radius 2 is 1.74 bits per heavy atom. The van der Waals surface area contributed by atoms with E-state index in [-0.39, 0.29) is 26.9 Å². The van der Waals surface area contributed by atoms with E-state index < -0.39 is 30.9 Å². The van der Waals surface area contributed by atoms with Crippen LogP contribution in [0.25, 0.3) is 10.8 Å². The van der Waals surface area contributed by atoms with Crippen molar-refractivity contribution in [2.45, 2.75) is 9.79 Å². The molecule has 0 saturated heterocycles. The van der Waals surface area contributed by atoms with E-state index in [4.69, 9.17) is 0 Å². The molecule has 2 aromatic rings. The van der Waals surface area contributed by atoms with E-state index in [9.17, 15) is 26.2 Å². The molecule has 3 rings (SSSR count). The molecule has 1 aliphatic heterocycles. The normalized spacial score (nSPS) is 14.5.